The number of fused-ring (bicyclic) bond motifs is 1. The van der Waals surface area contributed by atoms with Crippen molar-refractivity contribution in [1.82, 2.24) is 10.3 Å². The molecule has 1 aromatic heterocycles. The predicted octanol–water partition coefficient (Wildman–Crippen LogP) is 3.41. The van der Waals surface area contributed by atoms with Crippen LogP contribution in [0.2, 0.25) is 5.02 Å². The zero-order valence-corrected chi connectivity index (χ0v) is 13.6. The Hall–Kier alpha value is -1.85. The third-order valence-corrected chi connectivity index (χ3v) is 3.37. The number of nitrogens with one attached hydrogen (secondary N) is 1. The van der Waals surface area contributed by atoms with Crippen LogP contribution in [0.15, 0.2) is 30.5 Å². The van der Waals surface area contributed by atoms with E-state index in [-0.39, 0.29) is 6.54 Å². The highest BCUT2D eigenvalue weighted by atomic mass is 35.5. The van der Waals surface area contributed by atoms with Crippen LogP contribution in [0, 0.1) is 0 Å². The summed E-state index contributed by atoms with van der Waals surface area (Å²) in [6.45, 7) is 5.60. The summed E-state index contributed by atoms with van der Waals surface area (Å²) in [6, 6.07) is 6.97. The number of hydrogen-bond acceptors (Lipinski definition) is 4. The summed E-state index contributed by atoms with van der Waals surface area (Å²) in [4.78, 5) is 16.4. The molecule has 0 aliphatic rings. The van der Waals surface area contributed by atoms with E-state index in [1.165, 1.54) is 0 Å². The van der Waals surface area contributed by atoms with Crippen LogP contribution in [0.1, 0.15) is 32.4 Å². The average molecular weight is 322 g/mol. The first kappa shape index (κ1) is 16.5. The molecule has 1 heterocycles. The van der Waals surface area contributed by atoms with Crippen LogP contribution in [-0.2, 0) is 4.74 Å². The average Bonchev–Trinajstić information content (AvgIpc) is 2.43. The van der Waals surface area contributed by atoms with E-state index < -0.39 is 17.7 Å². The Bertz CT molecular complexity index is 683. The third-order valence-electron chi connectivity index (χ3n) is 3.04. The fraction of sp³-hybridized carbons (Fsp3) is 0.375. The highest BCUT2D eigenvalue weighted by molar-refractivity contribution is 6.32. The number of nitrogens with zero attached hydrogens (tertiary/aromatic N) is 1. The van der Waals surface area contributed by atoms with Gasteiger partial charge in [0.1, 0.15) is 5.60 Å². The van der Waals surface area contributed by atoms with Gasteiger partial charge in [-0.05, 0) is 32.9 Å². The SMILES string of the molecule is CC(C)(C)OC(=O)NC(CN)c1c(Cl)ccc2cccnc12. The zero-order chi connectivity index (χ0) is 16.3. The number of nitrogens with two attached hydrogens (primary N) is 1. The largest absolute Gasteiger partial charge is 0.444 e. The predicted molar refractivity (Wildman–Crippen MR) is 87.9 cm³/mol. The van der Waals surface area contributed by atoms with Crippen LogP contribution in [0.3, 0.4) is 0 Å². The smallest absolute Gasteiger partial charge is 0.408 e. The van der Waals surface area contributed by atoms with Gasteiger partial charge in [-0.15, -0.1) is 0 Å². The number of carbonyl (C=O) groups is 1. The molecule has 2 rings (SSSR count). The van der Waals surface area contributed by atoms with Gasteiger partial charge in [-0.3, -0.25) is 4.98 Å². The number of rotatable bonds is 3. The molecule has 1 aromatic carbocycles. The first-order chi connectivity index (χ1) is 10.3. The van der Waals surface area contributed by atoms with Crippen LogP contribution in [0.25, 0.3) is 10.9 Å². The summed E-state index contributed by atoms with van der Waals surface area (Å²) < 4.78 is 5.27. The van der Waals surface area contributed by atoms with Gasteiger partial charge in [-0.25, -0.2) is 4.79 Å². The van der Waals surface area contributed by atoms with Gasteiger partial charge in [-0.2, -0.15) is 0 Å². The Labute approximate surface area is 134 Å². The van der Waals surface area contributed by atoms with Crippen molar-refractivity contribution in [3.63, 3.8) is 0 Å². The molecule has 2 aromatic rings. The first-order valence-corrected chi connectivity index (χ1v) is 7.42. The van der Waals surface area contributed by atoms with Crippen LogP contribution in [0.4, 0.5) is 4.79 Å². The minimum Gasteiger partial charge on any atom is -0.444 e. The van der Waals surface area contributed by atoms with Crippen LogP contribution >= 0.6 is 11.6 Å². The Kier molecular flexibility index (Phi) is 4.88. The third kappa shape index (κ3) is 3.87. The minimum absolute atomic E-state index is 0.189. The molecule has 6 heteroatoms. The molecule has 0 radical (unpaired) electrons. The van der Waals surface area contributed by atoms with Crippen molar-refractivity contribution < 1.29 is 9.53 Å². The molecule has 5 nitrogen and oxygen atoms in total. The minimum atomic E-state index is -0.579. The van der Waals surface area contributed by atoms with Gasteiger partial charge >= 0.3 is 6.09 Å². The number of carbonyl (C=O) groups excluding carboxylic acids is 1. The maximum Gasteiger partial charge on any atom is 0.408 e. The van der Waals surface area contributed by atoms with Gasteiger partial charge in [0.25, 0.3) is 0 Å². The lowest BCUT2D eigenvalue weighted by atomic mass is 10.0. The molecule has 22 heavy (non-hydrogen) atoms. The first-order valence-electron chi connectivity index (χ1n) is 7.04. The molecule has 0 bridgehead atoms. The lowest BCUT2D eigenvalue weighted by Crippen LogP contribution is -2.38. The Balaban J connectivity index is 2.35. The van der Waals surface area contributed by atoms with Crippen LogP contribution in [-0.4, -0.2) is 23.2 Å². The lowest BCUT2D eigenvalue weighted by Gasteiger charge is -2.24. The summed E-state index contributed by atoms with van der Waals surface area (Å²) in [6.07, 6.45) is 1.15. The van der Waals surface area contributed by atoms with Crippen molar-refractivity contribution in [3.05, 3.63) is 41.0 Å². The number of benzene rings is 1. The Morgan fingerprint density at radius 3 is 2.77 bits per heavy atom. The molecule has 0 saturated carbocycles. The van der Waals surface area contributed by atoms with E-state index in [2.05, 4.69) is 10.3 Å². The number of hydrogen-bond donors (Lipinski definition) is 2. The van der Waals surface area contributed by atoms with Gasteiger partial charge in [0.05, 0.1) is 11.6 Å². The molecule has 0 fully saturated rings. The molecule has 1 amide bonds. The quantitative estimate of drug-likeness (QED) is 0.908. The van der Waals surface area contributed by atoms with Crippen LogP contribution in [0.5, 0.6) is 0 Å². The second-order valence-electron chi connectivity index (χ2n) is 5.97. The summed E-state index contributed by atoms with van der Waals surface area (Å²) in [7, 11) is 0. The van der Waals surface area contributed by atoms with E-state index in [1.54, 1.807) is 33.0 Å². The Morgan fingerprint density at radius 1 is 1.41 bits per heavy atom. The molecule has 0 aliphatic heterocycles. The molecule has 0 saturated heterocycles. The molecule has 0 aliphatic carbocycles. The zero-order valence-electron chi connectivity index (χ0n) is 12.9. The van der Waals surface area contributed by atoms with E-state index in [9.17, 15) is 4.79 Å². The highest BCUT2D eigenvalue weighted by Gasteiger charge is 2.23. The van der Waals surface area contributed by atoms with Crippen molar-refractivity contribution >= 4 is 28.6 Å². The molecular weight excluding hydrogens is 302 g/mol. The van der Waals surface area contributed by atoms with Crippen molar-refractivity contribution in [2.45, 2.75) is 32.4 Å². The topological polar surface area (TPSA) is 77.2 Å². The molecule has 0 spiro atoms. The van der Waals surface area contributed by atoms with Gasteiger partial charge in [-0.1, -0.05) is 23.7 Å². The van der Waals surface area contributed by atoms with E-state index in [0.717, 1.165) is 10.9 Å². The van der Waals surface area contributed by atoms with Gasteiger partial charge in [0.2, 0.25) is 0 Å². The van der Waals surface area contributed by atoms with E-state index in [4.69, 9.17) is 22.1 Å². The second-order valence-corrected chi connectivity index (χ2v) is 6.38. The Morgan fingerprint density at radius 2 is 2.14 bits per heavy atom. The second kappa shape index (κ2) is 6.50. The summed E-state index contributed by atoms with van der Waals surface area (Å²) in [5, 5.41) is 4.21. The monoisotopic (exact) mass is 321 g/mol. The normalized spacial score (nSPS) is 13.0. The molecule has 3 N–H and O–H groups in total. The number of ether oxygens (including phenoxy) is 1. The standard InChI is InChI=1S/C16H20ClN3O2/c1-16(2,3)22-15(21)20-12(9-18)13-11(17)7-6-10-5-4-8-19-14(10)13/h4-8,12H,9,18H2,1-3H3,(H,20,21). The van der Waals surface area contributed by atoms with Gasteiger partial charge < -0.3 is 15.8 Å². The van der Waals surface area contributed by atoms with Crippen molar-refractivity contribution in [2.24, 2.45) is 5.73 Å². The van der Waals surface area contributed by atoms with E-state index >= 15 is 0 Å². The highest BCUT2D eigenvalue weighted by Crippen LogP contribution is 2.29. The van der Waals surface area contributed by atoms with Crippen molar-refractivity contribution in [3.8, 4) is 0 Å². The maximum atomic E-state index is 12.0. The molecular formula is C16H20ClN3O2. The fourth-order valence-corrected chi connectivity index (χ4v) is 2.46. The molecule has 1 unspecified atom stereocenters. The summed E-state index contributed by atoms with van der Waals surface area (Å²) >= 11 is 6.31. The van der Waals surface area contributed by atoms with Crippen LogP contribution < -0.4 is 11.1 Å². The number of aromatic nitrogens is 1. The van der Waals surface area contributed by atoms with Crippen molar-refractivity contribution in [2.75, 3.05) is 6.54 Å². The summed E-state index contributed by atoms with van der Waals surface area (Å²) in [5.74, 6) is 0. The molecule has 118 valence electrons. The van der Waals surface area contributed by atoms with Gasteiger partial charge in [0.15, 0.2) is 0 Å². The number of alkyl carbamates (subject to hydrolysis) is 1. The van der Waals surface area contributed by atoms with E-state index in [0.29, 0.717) is 10.6 Å². The fourth-order valence-electron chi connectivity index (χ4n) is 2.17. The van der Waals surface area contributed by atoms with Gasteiger partial charge in [0, 0.05) is 28.7 Å². The maximum absolute atomic E-state index is 12.0. The molecule has 1 atom stereocenters. The van der Waals surface area contributed by atoms with E-state index in [1.807, 2.05) is 18.2 Å². The number of pyridine rings is 1. The van der Waals surface area contributed by atoms with Crippen molar-refractivity contribution in [1.29, 1.82) is 0 Å². The number of halogens is 1. The summed E-state index contributed by atoms with van der Waals surface area (Å²) in [5.41, 5.74) is 6.67. The lowest BCUT2D eigenvalue weighted by molar-refractivity contribution is 0.0505. The number of amides is 1.